The first-order chi connectivity index (χ1) is 27.3. The van der Waals surface area contributed by atoms with Crippen LogP contribution in [0.25, 0.3) is 53.2 Å². The summed E-state index contributed by atoms with van der Waals surface area (Å²) in [6, 6.07) is 78.8. The number of rotatable bonds is 8. The summed E-state index contributed by atoms with van der Waals surface area (Å²) in [5, 5.41) is 5.03. The smallest absolute Gasteiger partial charge is 0.0661 e. The fraction of sp³-hybridized carbons (Fsp3) is 0. The van der Waals surface area contributed by atoms with Gasteiger partial charge in [0.15, 0.2) is 0 Å². The second-order valence-corrected chi connectivity index (χ2v) is 14.8. The molecule has 0 spiro atoms. The Morgan fingerprint density at radius 2 is 0.818 bits per heavy atom. The van der Waals surface area contributed by atoms with Crippen molar-refractivity contribution < 1.29 is 0 Å². The van der Waals surface area contributed by atoms with E-state index in [-0.39, 0.29) is 0 Å². The number of nitrogens with zero attached hydrogens (tertiary/aromatic N) is 2. The highest BCUT2D eigenvalue weighted by Crippen LogP contribution is 2.51. The van der Waals surface area contributed by atoms with Crippen LogP contribution in [0.2, 0.25) is 0 Å². The molecule has 0 bridgehead atoms. The Kier molecular flexibility index (Phi) is 8.40. The van der Waals surface area contributed by atoms with Crippen LogP contribution in [0.15, 0.2) is 218 Å². The van der Waals surface area contributed by atoms with Crippen molar-refractivity contribution in [3.8, 4) is 22.3 Å². The number of benzene rings is 9. The fourth-order valence-corrected chi connectivity index (χ4v) is 9.16. The molecule has 1 aromatic heterocycles. The van der Waals surface area contributed by atoms with E-state index >= 15 is 0 Å². The second kappa shape index (κ2) is 14.1. The molecule has 0 fully saturated rings. The van der Waals surface area contributed by atoms with Gasteiger partial charge in [0.2, 0.25) is 0 Å². The van der Waals surface area contributed by atoms with Gasteiger partial charge in [-0.3, -0.25) is 0 Å². The normalized spacial score (nSPS) is 11.3. The van der Waals surface area contributed by atoms with Gasteiger partial charge >= 0.3 is 0 Å². The van der Waals surface area contributed by atoms with Crippen LogP contribution in [0.4, 0.5) is 34.1 Å². The SMILES string of the molecule is c1ccc(-c2ccc(N(c3ccccc3)c3cc(N(c4ccccc4)c4ccccc4-c4ccccc4)cc4c3sc3c5ccccc5ccc43)cc2)cc1. The molecule has 0 saturated heterocycles. The predicted molar refractivity (Wildman–Crippen MR) is 237 cm³/mol. The molecule has 0 radical (unpaired) electrons. The van der Waals surface area contributed by atoms with Crippen molar-refractivity contribution in [2.75, 3.05) is 9.80 Å². The molecule has 0 aliphatic heterocycles. The Balaban J connectivity index is 1.28. The summed E-state index contributed by atoms with van der Waals surface area (Å²) in [6.45, 7) is 0. The zero-order chi connectivity index (χ0) is 36.6. The topological polar surface area (TPSA) is 6.48 Å². The number of para-hydroxylation sites is 3. The predicted octanol–water partition coefficient (Wildman–Crippen LogP) is 15.5. The summed E-state index contributed by atoms with van der Waals surface area (Å²) in [4.78, 5) is 4.86. The maximum absolute atomic E-state index is 2.43. The van der Waals surface area contributed by atoms with Crippen LogP contribution in [0.1, 0.15) is 0 Å². The summed E-state index contributed by atoms with van der Waals surface area (Å²) in [5.41, 5.74) is 11.4. The molecular formula is C52H36N2S. The van der Waals surface area contributed by atoms with Gasteiger partial charge in [0, 0.05) is 43.8 Å². The molecule has 0 saturated carbocycles. The van der Waals surface area contributed by atoms with Crippen molar-refractivity contribution in [2.24, 2.45) is 0 Å². The second-order valence-electron chi connectivity index (χ2n) is 13.7. The molecule has 0 atom stereocenters. The minimum Gasteiger partial charge on any atom is -0.310 e. The standard InChI is InChI=1S/C52H36N2S/c1-5-17-37(18-6-1)38-29-32-43(33-30-38)53(41-22-9-3-10-23-41)50-36-44(35-48-47-34-31-40-21-13-14-27-46(40)51(47)55-52(48)50)54(42-24-11-4-12-25-42)49-28-16-15-26-45(49)39-19-7-2-8-20-39/h1-36H. The maximum atomic E-state index is 2.43. The van der Waals surface area contributed by atoms with Gasteiger partial charge < -0.3 is 9.80 Å². The van der Waals surface area contributed by atoms with Crippen LogP contribution in [0, 0.1) is 0 Å². The lowest BCUT2D eigenvalue weighted by Crippen LogP contribution is -2.14. The third kappa shape index (κ3) is 6.01. The lowest BCUT2D eigenvalue weighted by molar-refractivity contribution is 1.26. The van der Waals surface area contributed by atoms with Crippen LogP contribution in [0.3, 0.4) is 0 Å². The number of thiophene rings is 1. The minimum atomic E-state index is 1.09. The van der Waals surface area contributed by atoms with E-state index in [9.17, 15) is 0 Å². The Labute approximate surface area is 325 Å². The quantitative estimate of drug-likeness (QED) is 0.154. The zero-order valence-corrected chi connectivity index (χ0v) is 30.9. The number of hydrogen-bond acceptors (Lipinski definition) is 3. The molecule has 9 aromatic carbocycles. The molecule has 2 nitrogen and oxygen atoms in total. The Morgan fingerprint density at radius 3 is 1.51 bits per heavy atom. The molecule has 55 heavy (non-hydrogen) atoms. The van der Waals surface area contributed by atoms with Crippen LogP contribution < -0.4 is 9.80 Å². The lowest BCUT2D eigenvalue weighted by atomic mass is 10.0. The van der Waals surface area contributed by atoms with Gasteiger partial charge in [0.25, 0.3) is 0 Å². The van der Waals surface area contributed by atoms with Gasteiger partial charge in [-0.25, -0.2) is 0 Å². The van der Waals surface area contributed by atoms with E-state index in [0.29, 0.717) is 0 Å². The van der Waals surface area contributed by atoms with Crippen LogP contribution in [0.5, 0.6) is 0 Å². The summed E-state index contributed by atoms with van der Waals surface area (Å²) >= 11 is 1.89. The lowest BCUT2D eigenvalue weighted by Gasteiger charge is -2.31. The summed E-state index contributed by atoms with van der Waals surface area (Å²) in [6.07, 6.45) is 0. The van der Waals surface area contributed by atoms with Crippen molar-refractivity contribution in [3.63, 3.8) is 0 Å². The van der Waals surface area contributed by atoms with E-state index in [1.807, 2.05) is 11.3 Å². The first-order valence-corrected chi connectivity index (χ1v) is 19.5. The van der Waals surface area contributed by atoms with Crippen molar-refractivity contribution in [2.45, 2.75) is 0 Å². The monoisotopic (exact) mass is 720 g/mol. The van der Waals surface area contributed by atoms with Crippen molar-refractivity contribution in [3.05, 3.63) is 218 Å². The minimum absolute atomic E-state index is 1.09. The molecule has 260 valence electrons. The molecule has 0 aliphatic rings. The van der Waals surface area contributed by atoms with Crippen LogP contribution >= 0.6 is 11.3 Å². The van der Waals surface area contributed by atoms with Crippen molar-refractivity contribution in [1.29, 1.82) is 0 Å². The molecule has 0 aliphatic carbocycles. The summed E-state index contributed by atoms with van der Waals surface area (Å²) in [7, 11) is 0. The maximum Gasteiger partial charge on any atom is 0.0661 e. The highest BCUT2D eigenvalue weighted by atomic mass is 32.1. The largest absolute Gasteiger partial charge is 0.310 e. The van der Waals surface area contributed by atoms with E-state index in [1.165, 1.54) is 53.2 Å². The van der Waals surface area contributed by atoms with E-state index in [1.54, 1.807) is 0 Å². The molecule has 10 aromatic rings. The van der Waals surface area contributed by atoms with E-state index in [2.05, 4.69) is 228 Å². The highest BCUT2D eigenvalue weighted by molar-refractivity contribution is 7.27. The van der Waals surface area contributed by atoms with E-state index < -0.39 is 0 Å². The molecule has 0 unspecified atom stereocenters. The Bertz CT molecular complexity index is 2900. The molecule has 0 amide bonds. The van der Waals surface area contributed by atoms with Crippen molar-refractivity contribution in [1.82, 2.24) is 0 Å². The first-order valence-electron chi connectivity index (χ1n) is 18.7. The van der Waals surface area contributed by atoms with Crippen molar-refractivity contribution >= 4 is 76.4 Å². The Hall–Kier alpha value is -6.94. The van der Waals surface area contributed by atoms with Gasteiger partial charge in [0.1, 0.15) is 0 Å². The zero-order valence-electron chi connectivity index (χ0n) is 30.1. The number of anilines is 6. The average Bonchev–Trinajstić information content (AvgIpc) is 3.65. The van der Waals surface area contributed by atoms with Gasteiger partial charge in [-0.15, -0.1) is 11.3 Å². The third-order valence-corrected chi connectivity index (χ3v) is 11.7. The fourth-order valence-electron chi connectivity index (χ4n) is 7.84. The van der Waals surface area contributed by atoms with Gasteiger partial charge in [-0.2, -0.15) is 0 Å². The van der Waals surface area contributed by atoms with Gasteiger partial charge in [-0.1, -0.05) is 164 Å². The van der Waals surface area contributed by atoms with Gasteiger partial charge in [-0.05, 0) is 82.1 Å². The summed E-state index contributed by atoms with van der Waals surface area (Å²) < 4.78 is 2.55. The van der Waals surface area contributed by atoms with E-state index in [4.69, 9.17) is 0 Å². The highest BCUT2D eigenvalue weighted by Gasteiger charge is 2.24. The molecule has 3 heteroatoms. The van der Waals surface area contributed by atoms with Gasteiger partial charge in [0.05, 0.1) is 16.1 Å². The number of hydrogen-bond donors (Lipinski definition) is 0. The first kappa shape index (κ1) is 32.7. The molecule has 0 N–H and O–H groups in total. The summed E-state index contributed by atoms with van der Waals surface area (Å²) in [5.74, 6) is 0. The van der Waals surface area contributed by atoms with E-state index in [0.717, 1.165) is 34.1 Å². The molecule has 1 heterocycles. The molecular weight excluding hydrogens is 685 g/mol. The van der Waals surface area contributed by atoms with Crippen LogP contribution in [-0.2, 0) is 0 Å². The molecule has 10 rings (SSSR count). The number of fused-ring (bicyclic) bond motifs is 5. The Morgan fingerprint density at radius 1 is 0.291 bits per heavy atom. The third-order valence-electron chi connectivity index (χ3n) is 10.4. The average molecular weight is 721 g/mol. The van der Waals surface area contributed by atoms with Crippen LogP contribution in [-0.4, -0.2) is 0 Å².